The summed E-state index contributed by atoms with van der Waals surface area (Å²) in [6.07, 6.45) is 2.41. The topological polar surface area (TPSA) is 15.7 Å². The number of hydrogen-bond acceptors (Lipinski definition) is 3. The van der Waals surface area contributed by atoms with E-state index in [9.17, 15) is 0 Å². The van der Waals surface area contributed by atoms with Gasteiger partial charge in [-0.3, -0.25) is 4.90 Å². The van der Waals surface area contributed by atoms with Gasteiger partial charge in [0.1, 0.15) is 0 Å². The molecule has 0 spiro atoms. The quantitative estimate of drug-likeness (QED) is 0.712. The molecule has 0 amide bonds. The van der Waals surface area contributed by atoms with Crippen LogP contribution >= 0.6 is 0 Å². The second kappa shape index (κ2) is 8.28. The number of aryl methyl sites for hydroxylation is 1. The molecule has 0 bridgehead atoms. The molecule has 0 N–H and O–H groups in total. The second-order valence-electron chi connectivity index (χ2n) is 5.44. The van der Waals surface area contributed by atoms with Gasteiger partial charge < -0.3 is 9.64 Å². The van der Waals surface area contributed by atoms with Gasteiger partial charge in [0.25, 0.3) is 0 Å². The van der Waals surface area contributed by atoms with Crippen molar-refractivity contribution in [3.63, 3.8) is 0 Å². The molecule has 112 valence electrons. The van der Waals surface area contributed by atoms with Gasteiger partial charge in [-0.25, -0.2) is 0 Å². The van der Waals surface area contributed by atoms with Crippen LogP contribution in [0.5, 0.6) is 0 Å². The van der Waals surface area contributed by atoms with Crippen molar-refractivity contribution in [2.75, 3.05) is 50.8 Å². The lowest BCUT2D eigenvalue weighted by molar-refractivity contribution is 0.111. The summed E-state index contributed by atoms with van der Waals surface area (Å²) in [5.41, 5.74) is 2.82. The average Bonchev–Trinajstić information content (AvgIpc) is 2.49. The maximum absolute atomic E-state index is 5.43. The van der Waals surface area contributed by atoms with E-state index in [1.165, 1.54) is 24.1 Å². The zero-order valence-electron chi connectivity index (χ0n) is 13.0. The minimum absolute atomic E-state index is 0.823. The predicted octanol–water partition coefficient (Wildman–Crippen LogP) is 2.80. The van der Waals surface area contributed by atoms with Gasteiger partial charge in [-0.1, -0.05) is 25.5 Å². The van der Waals surface area contributed by atoms with Crippen molar-refractivity contribution in [3.8, 4) is 0 Å². The average molecular weight is 276 g/mol. The third-order valence-corrected chi connectivity index (χ3v) is 3.97. The maximum Gasteiger partial charge on any atom is 0.0593 e. The smallest absolute Gasteiger partial charge is 0.0593 e. The summed E-state index contributed by atoms with van der Waals surface area (Å²) in [7, 11) is 0. The number of benzene rings is 1. The molecule has 3 heteroatoms. The molecule has 1 aliphatic rings. The Morgan fingerprint density at radius 2 is 1.70 bits per heavy atom. The Balaban J connectivity index is 1.78. The highest BCUT2D eigenvalue weighted by Gasteiger charge is 2.16. The maximum atomic E-state index is 5.43. The summed E-state index contributed by atoms with van der Waals surface area (Å²) in [6, 6.07) is 9.11. The van der Waals surface area contributed by atoms with Crippen molar-refractivity contribution >= 4 is 5.69 Å². The molecule has 1 aromatic rings. The van der Waals surface area contributed by atoms with Crippen LogP contribution in [0.3, 0.4) is 0 Å². The van der Waals surface area contributed by atoms with Crippen LogP contribution in [-0.4, -0.2) is 50.8 Å². The monoisotopic (exact) mass is 276 g/mol. The Morgan fingerprint density at radius 3 is 2.30 bits per heavy atom. The summed E-state index contributed by atoms with van der Waals surface area (Å²) in [4.78, 5) is 4.99. The number of rotatable bonds is 7. The van der Waals surface area contributed by atoms with Crippen molar-refractivity contribution in [3.05, 3.63) is 29.8 Å². The van der Waals surface area contributed by atoms with Crippen LogP contribution < -0.4 is 4.90 Å². The molecule has 3 nitrogen and oxygen atoms in total. The van der Waals surface area contributed by atoms with Gasteiger partial charge in [0.2, 0.25) is 0 Å². The molecule has 1 heterocycles. The van der Waals surface area contributed by atoms with Crippen LogP contribution in [0, 0.1) is 0 Å². The molecular formula is C17H28N2O. The Labute approximate surface area is 123 Å². The first-order valence-electron chi connectivity index (χ1n) is 7.97. The molecule has 0 saturated carbocycles. The highest BCUT2D eigenvalue weighted by atomic mass is 16.5. The van der Waals surface area contributed by atoms with E-state index in [1.54, 1.807) is 0 Å². The summed E-state index contributed by atoms with van der Waals surface area (Å²) in [5, 5.41) is 0. The molecule has 0 aliphatic carbocycles. The molecule has 1 fully saturated rings. The minimum atomic E-state index is 0.823. The highest BCUT2D eigenvalue weighted by Crippen LogP contribution is 2.18. The lowest BCUT2D eigenvalue weighted by Crippen LogP contribution is -2.47. The number of ether oxygens (including phenoxy) is 1. The molecule has 0 unspecified atom stereocenters. The Morgan fingerprint density at radius 1 is 1.00 bits per heavy atom. The Bertz CT molecular complexity index is 369. The minimum Gasteiger partial charge on any atom is -0.380 e. The molecule has 1 saturated heterocycles. The SMILES string of the molecule is CCCc1ccc(N2CCN(CCOCC)CC2)cc1. The van der Waals surface area contributed by atoms with Crippen molar-refractivity contribution in [1.82, 2.24) is 4.90 Å². The van der Waals surface area contributed by atoms with Gasteiger partial charge in [0, 0.05) is 45.0 Å². The van der Waals surface area contributed by atoms with Crippen LogP contribution in [0.25, 0.3) is 0 Å². The molecule has 0 aromatic heterocycles. The van der Waals surface area contributed by atoms with Gasteiger partial charge in [-0.15, -0.1) is 0 Å². The lowest BCUT2D eigenvalue weighted by atomic mass is 10.1. The van der Waals surface area contributed by atoms with Crippen LogP contribution in [0.1, 0.15) is 25.8 Å². The molecule has 1 aromatic carbocycles. The lowest BCUT2D eigenvalue weighted by Gasteiger charge is -2.36. The standard InChI is InChI=1S/C17H28N2O/c1-3-5-16-6-8-17(9-7-16)19-12-10-18(11-13-19)14-15-20-4-2/h6-9H,3-5,10-15H2,1-2H3. The number of hydrogen-bond donors (Lipinski definition) is 0. The van der Waals surface area contributed by atoms with E-state index in [4.69, 9.17) is 4.74 Å². The fourth-order valence-electron chi connectivity index (χ4n) is 2.73. The zero-order valence-corrected chi connectivity index (χ0v) is 13.0. The molecule has 20 heavy (non-hydrogen) atoms. The fraction of sp³-hybridized carbons (Fsp3) is 0.647. The summed E-state index contributed by atoms with van der Waals surface area (Å²) < 4.78 is 5.43. The Hall–Kier alpha value is -1.06. The van der Waals surface area contributed by atoms with E-state index in [2.05, 4.69) is 47.9 Å². The van der Waals surface area contributed by atoms with Gasteiger partial charge in [-0.05, 0) is 31.0 Å². The highest BCUT2D eigenvalue weighted by molar-refractivity contribution is 5.48. The van der Waals surface area contributed by atoms with Crippen molar-refractivity contribution in [2.45, 2.75) is 26.7 Å². The van der Waals surface area contributed by atoms with E-state index in [0.717, 1.165) is 45.9 Å². The first-order valence-corrected chi connectivity index (χ1v) is 7.97. The van der Waals surface area contributed by atoms with Crippen LogP contribution in [0.2, 0.25) is 0 Å². The van der Waals surface area contributed by atoms with Gasteiger partial charge in [-0.2, -0.15) is 0 Å². The Kier molecular flexibility index (Phi) is 6.34. The van der Waals surface area contributed by atoms with Crippen LogP contribution in [-0.2, 0) is 11.2 Å². The third kappa shape index (κ3) is 4.50. The van der Waals surface area contributed by atoms with Gasteiger partial charge in [0.05, 0.1) is 6.61 Å². The van der Waals surface area contributed by atoms with E-state index >= 15 is 0 Å². The normalized spacial score (nSPS) is 16.6. The molecular weight excluding hydrogens is 248 g/mol. The summed E-state index contributed by atoms with van der Waals surface area (Å²) >= 11 is 0. The van der Waals surface area contributed by atoms with Crippen LogP contribution in [0.4, 0.5) is 5.69 Å². The van der Waals surface area contributed by atoms with Gasteiger partial charge >= 0.3 is 0 Å². The van der Waals surface area contributed by atoms with E-state index in [-0.39, 0.29) is 0 Å². The molecule has 0 radical (unpaired) electrons. The summed E-state index contributed by atoms with van der Waals surface area (Å²) in [6.45, 7) is 11.6. The van der Waals surface area contributed by atoms with Crippen LogP contribution in [0.15, 0.2) is 24.3 Å². The largest absolute Gasteiger partial charge is 0.380 e. The first kappa shape index (κ1) is 15.3. The predicted molar refractivity (Wildman–Crippen MR) is 85.6 cm³/mol. The van der Waals surface area contributed by atoms with E-state index < -0.39 is 0 Å². The fourth-order valence-corrected chi connectivity index (χ4v) is 2.73. The van der Waals surface area contributed by atoms with Crippen molar-refractivity contribution < 1.29 is 4.74 Å². The number of anilines is 1. The molecule has 2 rings (SSSR count). The third-order valence-electron chi connectivity index (χ3n) is 3.97. The summed E-state index contributed by atoms with van der Waals surface area (Å²) in [5.74, 6) is 0. The van der Waals surface area contributed by atoms with Crippen molar-refractivity contribution in [1.29, 1.82) is 0 Å². The first-order chi connectivity index (χ1) is 9.83. The number of nitrogens with zero attached hydrogens (tertiary/aromatic N) is 2. The van der Waals surface area contributed by atoms with Gasteiger partial charge in [0.15, 0.2) is 0 Å². The zero-order chi connectivity index (χ0) is 14.2. The molecule has 1 aliphatic heterocycles. The van der Waals surface area contributed by atoms with Crippen molar-refractivity contribution in [2.24, 2.45) is 0 Å². The van der Waals surface area contributed by atoms with E-state index in [1.807, 2.05) is 0 Å². The second-order valence-corrected chi connectivity index (χ2v) is 5.44. The number of piperazine rings is 1. The molecule has 0 atom stereocenters. The van der Waals surface area contributed by atoms with E-state index in [0.29, 0.717) is 0 Å².